The molecule has 10 rings (SSSR count). The molecule has 0 spiro atoms. The summed E-state index contributed by atoms with van der Waals surface area (Å²) in [7, 11) is 0.115. The van der Waals surface area contributed by atoms with Gasteiger partial charge in [-0.05, 0) is 37.8 Å². The monoisotopic (exact) mass is 894 g/mol. The quantitative estimate of drug-likeness (QED) is 0.0942. The zero-order valence-corrected chi connectivity index (χ0v) is 40.0. The molecular weight excluding hydrogens is 844 g/mol. The molecule has 0 fully saturated rings. The summed E-state index contributed by atoms with van der Waals surface area (Å²) < 4.78 is 0. The maximum absolute atomic E-state index is 2.31. The molecule has 0 bridgehead atoms. The van der Waals surface area contributed by atoms with Crippen LogP contribution in [0.15, 0.2) is 194 Å². The van der Waals surface area contributed by atoms with E-state index in [2.05, 4.69) is 235 Å². The number of benzene rings is 6. The summed E-state index contributed by atoms with van der Waals surface area (Å²) >= 11 is 0. The van der Waals surface area contributed by atoms with Gasteiger partial charge in [-0.15, -0.1) is 166 Å². The van der Waals surface area contributed by atoms with Crippen LogP contribution in [0.25, 0.3) is 65.3 Å². The van der Waals surface area contributed by atoms with Gasteiger partial charge in [-0.3, -0.25) is 0 Å². The van der Waals surface area contributed by atoms with Crippen LogP contribution in [0.3, 0.4) is 0 Å². The van der Waals surface area contributed by atoms with Gasteiger partial charge in [-0.25, -0.2) is 0 Å². The second-order valence-corrected chi connectivity index (χ2v) is 19.5. The van der Waals surface area contributed by atoms with Crippen LogP contribution in [0.2, 0.25) is 0 Å². The van der Waals surface area contributed by atoms with E-state index in [-0.39, 0.29) is 68.7 Å². The molecule has 0 aliphatic carbocycles. The first kappa shape index (κ1) is 50.3. The molecule has 0 atom stereocenters. The number of halogens is 2. The molecule has 10 aromatic rings. The van der Waals surface area contributed by atoms with Crippen LogP contribution in [0.1, 0.15) is 11.1 Å². The first-order valence-electron chi connectivity index (χ1n) is 19.3. The van der Waals surface area contributed by atoms with Gasteiger partial charge < -0.3 is 9.41 Å². The average molecular weight is 895 g/mol. The number of fused-ring (bicyclic) bond motifs is 4. The Balaban J connectivity index is 0.000000211. The van der Waals surface area contributed by atoms with Crippen molar-refractivity contribution in [1.82, 2.24) is 0 Å². The zero-order chi connectivity index (χ0) is 39.0. The van der Waals surface area contributed by atoms with E-state index in [1.807, 2.05) is 0 Å². The third kappa shape index (κ3) is 12.5. The maximum atomic E-state index is 2.31. The number of hydrogen-bond donors (Lipinski definition) is 0. The average Bonchev–Trinajstić information content (AvgIpc) is 4.02. The Morgan fingerprint density at radius 1 is 0.350 bits per heavy atom. The fourth-order valence-corrected chi connectivity index (χ4v) is 8.88. The molecule has 60 heavy (non-hydrogen) atoms. The first-order valence-corrected chi connectivity index (χ1v) is 23.8. The normalized spacial score (nSPS) is 10.3. The van der Waals surface area contributed by atoms with Crippen molar-refractivity contribution in [1.29, 1.82) is 0 Å². The second-order valence-electron chi connectivity index (χ2n) is 14.9. The van der Waals surface area contributed by atoms with E-state index in [0.717, 1.165) is 0 Å². The van der Waals surface area contributed by atoms with Crippen molar-refractivity contribution in [2.45, 2.75) is 13.8 Å². The molecule has 6 heteroatoms. The standard InChI is InChI=1S/2C16H13.2C11H12P.2FH.2Ti/c2*1-12-10-14-8-5-9-15(16(14)11-12)13-6-3-2-4-7-13;2*1-12(2)11-7-9-5-3-4-6-10(9)8-11;;;;/h2*2-11H,1H3;2*3-8H,1-2H3;2*1H;;/q4*-1;;;2*+2/p-2. The van der Waals surface area contributed by atoms with E-state index in [0.29, 0.717) is 0 Å². The Morgan fingerprint density at radius 3 is 1.03 bits per heavy atom. The smallest absolute Gasteiger partial charge is 1.00 e. The third-order valence-electron chi connectivity index (χ3n) is 10.2. The largest absolute Gasteiger partial charge is 2.00 e. The predicted molar refractivity (Wildman–Crippen MR) is 255 cm³/mol. The SMILES string of the molecule is CP(C)c1cc2ccccc2[cH-]1.CP(C)c1cc2ccccc2[cH-]1.Cc1cc2c(-c3ccccc3)cccc2[cH-]1.Cc1cc2c(-c3ccccc3)cccc2[cH-]1.[F-].[F-].[Ti+2].[Ti+2]. The van der Waals surface area contributed by atoms with Gasteiger partial charge in [0.15, 0.2) is 0 Å². The Bertz CT molecular complexity index is 2530. The Morgan fingerprint density at radius 2 is 0.683 bits per heavy atom. The van der Waals surface area contributed by atoms with Gasteiger partial charge >= 0.3 is 43.4 Å². The van der Waals surface area contributed by atoms with E-state index >= 15 is 0 Å². The van der Waals surface area contributed by atoms with Crippen LogP contribution in [0.4, 0.5) is 0 Å². The first-order chi connectivity index (χ1) is 27.2. The van der Waals surface area contributed by atoms with Crippen LogP contribution in [-0.4, -0.2) is 26.7 Å². The van der Waals surface area contributed by atoms with Crippen LogP contribution in [0, 0.1) is 13.8 Å². The molecule has 0 unspecified atom stereocenters. The Labute approximate surface area is 387 Å². The summed E-state index contributed by atoms with van der Waals surface area (Å²) in [4.78, 5) is 0. The number of rotatable bonds is 4. The summed E-state index contributed by atoms with van der Waals surface area (Å²) in [5.41, 5.74) is 7.89. The van der Waals surface area contributed by atoms with Gasteiger partial charge in [0.05, 0.1) is 0 Å². The molecule has 0 aliphatic heterocycles. The van der Waals surface area contributed by atoms with E-state index < -0.39 is 0 Å². The van der Waals surface area contributed by atoms with Crippen molar-refractivity contribution in [3.05, 3.63) is 205 Å². The van der Waals surface area contributed by atoms with Crippen LogP contribution >= 0.6 is 15.8 Å². The maximum Gasteiger partial charge on any atom is 2.00 e. The summed E-state index contributed by atoms with van der Waals surface area (Å²) in [6.07, 6.45) is 0. The molecule has 0 heterocycles. The van der Waals surface area contributed by atoms with Gasteiger partial charge in [0.1, 0.15) is 0 Å². The molecule has 0 saturated heterocycles. The summed E-state index contributed by atoms with van der Waals surface area (Å²) in [5, 5.41) is 13.9. The molecule has 10 aromatic carbocycles. The van der Waals surface area contributed by atoms with Crippen LogP contribution in [-0.2, 0) is 43.4 Å². The number of aryl methyl sites for hydroxylation is 2. The van der Waals surface area contributed by atoms with Gasteiger partial charge in [0.2, 0.25) is 0 Å². The van der Waals surface area contributed by atoms with Crippen molar-refractivity contribution < 1.29 is 52.8 Å². The number of hydrogen-bond acceptors (Lipinski definition) is 0. The van der Waals surface area contributed by atoms with Gasteiger partial charge in [0.25, 0.3) is 0 Å². The minimum Gasteiger partial charge on any atom is -1.00 e. The minimum absolute atomic E-state index is 0. The molecule has 0 aliphatic rings. The summed E-state index contributed by atoms with van der Waals surface area (Å²) in [6.45, 7) is 13.5. The van der Waals surface area contributed by atoms with Gasteiger partial charge in [0, 0.05) is 0 Å². The summed E-state index contributed by atoms with van der Waals surface area (Å²) in [5.74, 6) is 0. The van der Waals surface area contributed by atoms with Gasteiger partial charge in [-0.1, -0.05) is 110 Å². The van der Waals surface area contributed by atoms with E-state index in [1.54, 1.807) is 0 Å². The van der Waals surface area contributed by atoms with Crippen molar-refractivity contribution in [3.8, 4) is 22.3 Å². The molecule has 300 valence electrons. The van der Waals surface area contributed by atoms with Crippen LogP contribution < -0.4 is 20.0 Å². The molecule has 0 saturated carbocycles. The third-order valence-corrected chi connectivity index (χ3v) is 12.8. The fourth-order valence-electron chi connectivity index (χ4n) is 7.29. The molecule has 0 radical (unpaired) electrons. The predicted octanol–water partition coefficient (Wildman–Crippen LogP) is 8.92. The Hall–Kier alpha value is -4.09. The van der Waals surface area contributed by atoms with E-state index in [4.69, 9.17) is 0 Å². The molecular formula is C54H50F2P2Ti2-2. The van der Waals surface area contributed by atoms with E-state index in [1.165, 1.54) is 87.1 Å². The summed E-state index contributed by atoms with van der Waals surface area (Å²) in [6, 6.07) is 69.4. The van der Waals surface area contributed by atoms with Crippen molar-refractivity contribution >= 4 is 69.5 Å². The Kier molecular flexibility index (Phi) is 19.9. The molecule has 0 nitrogen and oxygen atoms in total. The van der Waals surface area contributed by atoms with Crippen LogP contribution in [0.5, 0.6) is 0 Å². The van der Waals surface area contributed by atoms with E-state index in [9.17, 15) is 0 Å². The molecule has 0 aromatic heterocycles. The second kappa shape index (κ2) is 23.8. The minimum atomic E-state index is 0. The van der Waals surface area contributed by atoms with Gasteiger partial charge in [-0.2, -0.15) is 24.3 Å². The fraction of sp³-hybridized carbons (Fsp3) is 0.111. The topological polar surface area (TPSA) is 0 Å². The zero-order valence-electron chi connectivity index (χ0n) is 35.1. The molecule has 0 amide bonds. The van der Waals surface area contributed by atoms with Crippen molar-refractivity contribution in [2.75, 3.05) is 26.7 Å². The van der Waals surface area contributed by atoms with Crippen molar-refractivity contribution in [3.63, 3.8) is 0 Å². The van der Waals surface area contributed by atoms with Crippen molar-refractivity contribution in [2.24, 2.45) is 0 Å². The molecule has 0 N–H and O–H groups in total.